The zero-order chi connectivity index (χ0) is 24.5. The van der Waals surface area contributed by atoms with Gasteiger partial charge in [0, 0.05) is 11.3 Å². The van der Waals surface area contributed by atoms with E-state index in [2.05, 4.69) is 37.5 Å². The van der Waals surface area contributed by atoms with Gasteiger partial charge >= 0.3 is 0 Å². The normalized spacial score (nSPS) is 26.1. The number of hydrogen-bond donors (Lipinski definition) is 0. The van der Waals surface area contributed by atoms with E-state index in [9.17, 15) is 0 Å². The molecule has 1 heterocycles. The van der Waals surface area contributed by atoms with Gasteiger partial charge in [0.05, 0.1) is 21.3 Å². The molecule has 0 N–H and O–H groups in total. The summed E-state index contributed by atoms with van der Waals surface area (Å²) in [5.74, 6) is 4.33. The van der Waals surface area contributed by atoms with E-state index >= 15 is 0 Å². The molecule has 1 unspecified atom stereocenters. The summed E-state index contributed by atoms with van der Waals surface area (Å²) in [5.41, 5.74) is 2.92. The number of benzene rings is 1. The van der Waals surface area contributed by atoms with Crippen LogP contribution in [-0.2, 0) is 0 Å². The van der Waals surface area contributed by atoms with Gasteiger partial charge in [-0.1, -0.05) is 51.1 Å². The van der Waals surface area contributed by atoms with Crippen molar-refractivity contribution >= 4 is 11.8 Å². The van der Waals surface area contributed by atoms with Gasteiger partial charge in [-0.05, 0) is 66.9 Å². The third-order valence-corrected chi connectivity index (χ3v) is 9.12. The number of methoxy groups -OCH3 is 3. The Balaban J connectivity index is 1.45. The zero-order valence-electron chi connectivity index (χ0n) is 21.4. The second-order valence-electron chi connectivity index (χ2n) is 10.6. The molecule has 0 saturated heterocycles. The van der Waals surface area contributed by atoms with E-state index in [1.165, 1.54) is 31.3 Å². The van der Waals surface area contributed by atoms with Crippen LogP contribution >= 0.6 is 11.8 Å². The second kappa shape index (κ2) is 9.84. The first-order chi connectivity index (χ1) is 16.2. The summed E-state index contributed by atoms with van der Waals surface area (Å²) in [6.07, 6.45) is 7.50. The van der Waals surface area contributed by atoms with Crippen LogP contribution in [0.1, 0.15) is 59.3 Å². The van der Waals surface area contributed by atoms with Crippen LogP contribution in [-0.4, -0.2) is 37.3 Å². The smallest absolute Gasteiger partial charge is 0.276 e. The fourth-order valence-corrected chi connectivity index (χ4v) is 7.43. The monoisotopic (exact) mass is 486 g/mol. The van der Waals surface area contributed by atoms with Crippen molar-refractivity contribution in [3.05, 3.63) is 24.3 Å². The van der Waals surface area contributed by atoms with Crippen molar-refractivity contribution in [2.75, 3.05) is 27.1 Å². The summed E-state index contributed by atoms with van der Waals surface area (Å²) >= 11 is 1.63. The highest BCUT2D eigenvalue weighted by Gasteiger charge is 2.52. The van der Waals surface area contributed by atoms with Gasteiger partial charge in [-0.2, -0.15) is 0 Å². The molecule has 2 saturated carbocycles. The van der Waals surface area contributed by atoms with Crippen molar-refractivity contribution in [1.82, 2.24) is 10.2 Å². The van der Waals surface area contributed by atoms with Gasteiger partial charge < -0.3 is 18.6 Å². The minimum atomic E-state index is 0.341. The Kier molecular flexibility index (Phi) is 7.22. The average Bonchev–Trinajstić information content (AvgIpc) is 3.28. The molecule has 34 heavy (non-hydrogen) atoms. The van der Waals surface area contributed by atoms with Crippen LogP contribution in [0.4, 0.5) is 0 Å². The molecule has 4 rings (SSSR count). The first-order valence-corrected chi connectivity index (χ1v) is 13.2. The van der Waals surface area contributed by atoms with Crippen LogP contribution in [0.15, 0.2) is 33.9 Å². The maximum absolute atomic E-state index is 5.99. The Labute approximate surface area is 207 Å². The van der Waals surface area contributed by atoms with Gasteiger partial charge in [0.15, 0.2) is 11.5 Å². The van der Waals surface area contributed by atoms with Crippen LogP contribution in [0.5, 0.6) is 17.2 Å². The Morgan fingerprint density at radius 2 is 1.76 bits per heavy atom. The fraction of sp³-hybridized carbons (Fsp3) is 0.630. The topological polar surface area (TPSA) is 66.6 Å². The summed E-state index contributed by atoms with van der Waals surface area (Å²) in [6.45, 7) is 12.0. The van der Waals surface area contributed by atoms with E-state index in [0.29, 0.717) is 45.1 Å². The predicted octanol–water partition coefficient (Wildman–Crippen LogP) is 7.04. The lowest BCUT2D eigenvalue weighted by Gasteiger charge is -2.58. The predicted molar refractivity (Wildman–Crippen MR) is 136 cm³/mol. The Morgan fingerprint density at radius 3 is 2.41 bits per heavy atom. The third kappa shape index (κ3) is 4.56. The van der Waals surface area contributed by atoms with Gasteiger partial charge in [0.2, 0.25) is 11.6 Å². The van der Waals surface area contributed by atoms with Gasteiger partial charge in [-0.15, -0.1) is 10.2 Å². The van der Waals surface area contributed by atoms with Gasteiger partial charge in [-0.25, -0.2) is 0 Å². The van der Waals surface area contributed by atoms with Crippen LogP contribution in [0.3, 0.4) is 0 Å². The van der Waals surface area contributed by atoms with E-state index in [1.54, 1.807) is 33.1 Å². The van der Waals surface area contributed by atoms with E-state index < -0.39 is 0 Å². The van der Waals surface area contributed by atoms with Gasteiger partial charge in [-0.3, -0.25) is 0 Å². The van der Waals surface area contributed by atoms with Crippen molar-refractivity contribution in [1.29, 1.82) is 0 Å². The molecule has 186 valence electrons. The van der Waals surface area contributed by atoms with E-state index in [1.807, 2.05) is 12.1 Å². The van der Waals surface area contributed by atoms with Crippen molar-refractivity contribution in [2.45, 2.75) is 64.5 Å². The first kappa shape index (κ1) is 25.0. The highest BCUT2D eigenvalue weighted by Crippen LogP contribution is 2.61. The van der Waals surface area contributed by atoms with E-state index in [0.717, 1.165) is 30.1 Å². The lowest BCUT2D eigenvalue weighted by atomic mass is 9.47. The molecular formula is C27H38N2O4S. The number of fused-ring (bicyclic) bond motifs is 1. The molecule has 1 aromatic heterocycles. The number of hydrogen-bond acceptors (Lipinski definition) is 7. The summed E-state index contributed by atoms with van der Waals surface area (Å²) in [5, 5.41) is 9.12. The van der Waals surface area contributed by atoms with Crippen molar-refractivity contribution < 1.29 is 18.6 Å². The molecule has 0 amide bonds. The zero-order valence-corrected chi connectivity index (χ0v) is 22.2. The number of thioether (sulfide) groups is 1. The minimum absolute atomic E-state index is 0.341. The summed E-state index contributed by atoms with van der Waals surface area (Å²) in [4.78, 5) is 0. The average molecular weight is 487 g/mol. The molecule has 2 aliphatic rings. The molecule has 2 aliphatic carbocycles. The summed E-state index contributed by atoms with van der Waals surface area (Å²) in [7, 11) is 4.76. The fourth-order valence-electron chi connectivity index (χ4n) is 6.66. The SMILES string of the molecule is C=C1CCC2C(C)(C)CCC[C@]2(C)[C@H]1CCSc1nnc(-c2cc(OC)c(OC)c(OC)c2)o1. The standard InChI is InChI=1S/C27H38N2O4S/c1-17-9-10-22-26(2,3)12-8-13-27(22,4)19(17)11-14-34-25-29-28-24(33-25)18-15-20(30-5)23(32-7)21(16-18)31-6/h15-16,19,22H,1,8-14H2,2-7H3/t19-,22?,27+/m0/s1. The Morgan fingerprint density at radius 1 is 1.06 bits per heavy atom. The molecule has 0 spiro atoms. The Hall–Kier alpha value is -2.15. The number of ether oxygens (including phenoxy) is 3. The molecule has 2 aromatic rings. The number of aromatic nitrogens is 2. The van der Waals surface area contributed by atoms with Crippen molar-refractivity contribution in [3.63, 3.8) is 0 Å². The highest BCUT2D eigenvalue weighted by molar-refractivity contribution is 7.99. The molecule has 7 heteroatoms. The van der Waals surface area contributed by atoms with Crippen LogP contribution in [0.2, 0.25) is 0 Å². The van der Waals surface area contributed by atoms with Crippen LogP contribution in [0.25, 0.3) is 11.5 Å². The molecular weight excluding hydrogens is 448 g/mol. The third-order valence-electron chi connectivity index (χ3n) is 8.27. The maximum atomic E-state index is 5.99. The van der Waals surface area contributed by atoms with Crippen molar-refractivity contribution in [2.24, 2.45) is 22.7 Å². The molecule has 6 nitrogen and oxygen atoms in total. The molecule has 0 aliphatic heterocycles. The molecule has 1 aromatic carbocycles. The van der Waals surface area contributed by atoms with Crippen LogP contribution < -0.4 is 14.2 Å². The number of allylic oxidation sites excluding steroid dienone is 1. The van der Waals surface area contributed by atoms with Gasteiger partial charge in [0.25, 0.3) is 5.22 Å². The summed E-state index contributed by atoms with van der Waals surface area (Å²) < 4.78 is 22.3. The molecule has 2 fully saturated rings. The lowest BCUT2D eigenvalue weighted by molar-refractivity contribution is -0.0524. The Bertz CT molecular complexity index is 1010. The van der Waals surface area contributed by atoms with Gasteiger partial charge in [0.1, 0.15) is 0 Å². The molecule has 3 atom stereocenters. The van der Waals surface area contributed by atoms with E-state index in [4.69, 9.17) is 18.6 Å². The second-order valence-corrected chi connectivity index (χ2v) is 11.6. The van der Waals surface area contributed by atoms with E-state index in [-0.39, 0.29) is 0 Å². The number of rotatable bonds is 8. The lowest BCUT2D eigenvalue weighted by Crippen LogP contribution is -2.49. The maximum Gasteiger partial charge on any atom is 0.276 e. The largest absolute Gasteiger partial charge is 0.493 e. The van der Waals surface area contributed by atoms with Crippen LogP contribution in [0, 0.1) is 22.7 Å². The highest BCUT2D eigenvalue weighted by atomic mass is 32.2. The molecule has 0 radical (unpaired) electrons. The summed E-state index contributed by atoms with van der Waals surface area (Å²) in [6, 6.07) is 3.64. The minimum Gasteiger partial charge on any atom is -0.493 e. The molecule has 0 bridgehead atoms. The quantitative estimate of drug-likeness (QED) is 0.293. The first-order valence-electron chi connectivity index (χ1n) is 12.2. The van der Waals surface area contributed by atoms with Crippen molar-refractivity contribution in [3.8, 4) is 28.7 Å². The number of nitrogens with zero attached hydrogens (tertiary/aromatic N) is 2.